The average Bonchev–Trinajstić information content (AvgIpc) is 3.09. The van der Waals surface area contributed by atoms with Crippen molar-refractivity contribution in [2.24, 2.45) is 0 Å². The number of carbonyl (C=O) groups excluding carboxylic acids is 1. The first kappa shape index (κ1) is 21.3. The minimum absolute atomic E-state index is 0.256. The second kappa shape index (κ2) is 9.39. The predicted molar refractivity (Wildman–Crippen MR) is 112 cm³/mol. The van der Waals surface area contributed by atoms with Crippen molar-refractivity contribution in [2.45, 2.75) is 23.6 Å². The Balaban J connectivity index is 1.81. The third-order valence-corrected chi connectivity index (χ3v) is 6.19. The van der Waals surface area contributed by atoms with Gasteiger partial charge in [-0.1, -0.05) is 30.1 Å². The third kappa shape index (κ3) is 4.95. The van der Waals surface area contributed by atoms with Crippen LogP contribution in [0, 0.1) is 0 Å². The van der Waals surface area contributed by atoms with Crippen molar-refractivity contribution in [2.75, 3.05) is 12.4 Å². The second-order valence-electron chi connectivity index (χ2n) is 5.95. The number of ether oxygens (including phenoxy) is 1. The molecule has 0 saturated heterocycles. The van der Waals surface area contributed by atoms with Crippen LogP contribution in [-0.2, 0) is 4.79 Å². The van der Waals surface area contributed by atoms with E-state index in [1.54, 1.807) is 49.6 Å². The molecular weight excluding hydrogens is 437 g/mol. The van der Waals surface area contributed by atoms with Crippen molar-refractivity contribution in [1.82, 2.24) is 5.27 Å². The maximum Gasteiger partial charge on any atom is 0.442 e. The molecule has 0 radical (unpaired) electrons. The summed E-state index contributed by atoms with van der Waals surface area (Å²) in [7, 11) is 1.57. The Morgan fingerprint density at radius 3 is 2.59 bits per heavy atom. The summed E-state index contributed by atoms with van der Waals surface area (Å²) in [4.78, 5) is 25.0. The van der Waals surface area contributed by atoms with Gasteiger partial charge in [-0.2, -0.15) is 0 Å². The number of rotatable bonds is 7. The number of H-pyrrole nitrogens is 1. The minimum Gasteiger partial charge on any atom is -0.497 e. The minimum atomic E-state index is -0.563. The van der Waals surface area contributed by atoms with Gasteiger partial charge in [-0.05, 0) is 58.5 Å². The molecule has 0 fully saturated rings. The van der Waals surface area contributed by atoms with Gasteiger partial charge in [0.1, 0.15) is 5.75 Å². The lowest BCUT2D eigenvalue weighted by Gasteiger charge is -2.12. The molecule has 2 aromatic carbocycles. The summed E-state index contributed by atoms with van der Waals surface area (Å²) in [6, 6.07) is 11.9. The number of halogens is 2. The number of benzene rings is 2. The lowest BCUT2D eigenvalue weighted by Crippen LogP contribution is -2.37. The molecule has 3 rings (SSSR count). The quantitative estimate of drug-likeness (QED) is 0.414. The fourth-order valence-corrected chi connectivity index (χ4v) is 3.81. The van der Waals surface area contributed by atoms with Crippen molar-refractivity contribution >= 4 is 46.6 Å². The number of nitrogens with one attached hydrogen (secondary N) is 2. The molecule has 29 heavy (non-hydrogen) atoms. The average molecular weight is 455 g/mol. The largest absolute Gasteiger partial charge is 0.497 e. The van der Waals surface area contributed by atoms with Gasteiger partial charge in [0.2, 0.25) is 11.6 Å². The van der Waals surface area contributed by atoms with Gasteiger partial charge in [-0.15, -0.1) is 0 Å². The number of methoxy groups -OCH3 is 1. The zero-order valence-electron chi connectivity index (χ0n) is 15.6. The number of hydrogen-bond acceptors (Lipinski definition) is 5. The van der Waals surface area contributed by atoms with Crippen molar-refractivity contribution in [1.29, 1.82) is 0 Å². The first-order valence-electron chi connectivity index (χ1n) is 8.63. The number of anilines is 1. The molecule has 0 aliphatic heterocycles. The van der Waals surface area contributed by atoms with E-state index in [0.717, 1.165) is 11.8 Å². The normalized spacial score (nSPS) is 11.9. The van der Waals surface area contributed by atoms with E-state index in [0.29, 0.717) is 33.6 Å². The number of nitrogens with zero attached hydrogens (tertiary/aromatic N) is 1. The summed E-state index contributed by atoms with van der Waals surface area (Å²) in [5.74, 6) is 0.416. The summed E-state index contributed by atoms with van der Waals surface area (Å²) >= 11 is 13.0. The Bertz CT molecular complexity index is 1070. The van der Waals surface area contributed by atoms with Crippen molar-refractivity contribution in [3.8, 4) is 11.4 Å². The number of aromatic nitrogens is 2. The molecule has 1 unspecified atom stereocenters. The molecule has 0 aliphatic carbocycles. The molecule has 7 nitrogen and oxygen atoms in total. The van der Waals surface area contributed by atoms with E-state index in [2.05, 4.69) is 10.6 Å². The number of carbonyl (C=O) groups is 1. The van der Waals surface area contributed by atoms with Crippen LogP contribution in [0.3, 0.4) is 0 Å². The molecule has 1 amide bonds. The Hall–Kier alpha value is -2.42. The fraction of sp³-hybridized carbons (Fsp3) is 0.211. The SMILES string of the molecule is CCC(Sc1c(=O)o[nH][n+]1-c1ccc(OC)cc1)C(=O)Nc1ccc(Cl)c(Cl)c1. The Labute approximate surface area is 180 Å². The molecule has 3 aromatic rings. The van der Waals surface area contributed by atoms with E-state index >= 15 is 0 Å². The molecule has 152 valence electrons. The van der Waals surface area contributed by atoms with Crippen LogP contribution in [0.4, 0.5) is 5.69 Å². The summed E-state index contributed by atoms with van der Waals surface area (Å²) < 4.78 is 11.6. The van der Waals surface area contributed by atoms with Crippen LogP contribution in [0.1, 0.15) is 13.3 Å². The number of thioether (sulfide) groups is 1. The van der Waals surface area contributed by atoms with Crippen LogP contribution in [0.25, 0.3) is 5.69 Å². The van der Waals surface area contributed by atoms with Crippen LogP contribution in [0.5, 0.6) is 5.75 Å². The van der Waals surface area contributed by atoms with Crippen LogP contribution in [0.15, 0.2) is 56.8 Å². The van der Waals surface area contributed by atoms with E-state index in [1.165, 1.54) is 4.68 Å². The van der Waals surface area contributed by atoms with Gasteiger partial charge >= 0.3 is 10.7 Å². The van der Waals surface area contributed by atoms with Crippen LogP contribution in [-0.4, -0.2) is 23.5 Å². The predicted octanol–water partition coefficient (Wildman–Crippen LogP) is 4.07. The molecule has 0 saturated carbocycles. The highest BCUT2D eigenvalue weighted by atomic mass is 35.5. The van der Waals surface area contributed by atoms with Crippen LogP contribution in [0.2, 0.25) is 10.0 Å². The Morgan fingerprint density at radius 2 is 1.97 bits per heavy atom. The van der Waals surface area contributed by atoms with E-state index in [4.69, 9.17) is 32.5 Å². The van der Waals surface area contributed by atoms with Crippen LogP contribution >= 0.6 is 35.0 Å². The highest BCUT2D eigenvalue weighted by molar-refractivity contribution is 8.00. The zero-order valence-corrected chi connectivity index (χ0v) is 17.9. The first-order chi connectivity index (χ1) is 13.9. The molecule has 0 aliphatic rings. The molecule has 1 heterocycles. The fourth-order valence-electron chi connectivity index (χ4n) is 2.52. The van der Waals surface area contributed by atoms with Gasteiger partial charge < -0.3 is 10.1 Å². The molecule has 1 atom stereocenters. The molecule has 0 spiro atoms. The van der Waals surface area contributed by atoms with Gasteiger partial charge in [-0.25, -0.2) is 4.79 Å². The van der Waals surface area contributed by atoms with Crippen molar-refractivity contribution in [3.05, 3.63) is 62.9 Å². The Kier molecular flexibility index (Phi) is 6.89. The smallest absolute Gasteiger partial charge is 0.442 e. The maximum absolute atomic E-state index is 12.7. The zero-order chi connectivity index (χ0) is 21.0. The van der Waals surface area contributed by atoms with E-state index in [1.807, 2.05) is 6.92 Å². The number of aromatic amines is 1. The summed E-state index contributed by atoms with van der Waals surface area (Å²) in [5.41, 5.74) is 0.623. The van der Waals surface area contributed by atoms with Gasteiger partial charge in [-0.3, -0.25) is 9.32 Å². The molecule has 0 bridgehead atoms. The van der Waals surface area contributed by atoms with Crippen molar-refractivity contribution in [3.63, 3.8) is 0 Å². The first-order valence-corrected chi connectivity index (χ1v) is 10.3. The Morgan fingerprint density at radius 1 is 1.24 bits per heavy atom. The highest BCUT2D eigenvalue weighted by Gasteiger charge is 2.30. The van der Waals surface area contributed by atoms with Gasteiger partial charge in [0.25, 0.3) is 0 Å². The van der Waals surface area contributed by atoms with Gasteiger partial charge in [0.05, 0.1) is 22.4 Å². The summed E-state index contributed by atoms with van der Waals surface area (Å²) in [6.07, 6.45) is 0.491. The van der Waals surface area contributed by atoms with E-state index in [9.17, 15) is 9.59 Å². The lowest BCUT2D eigenvalue weighted by molar-refractivity contribution is -0.704. The van der Waals surface area contributed by atoms with Crippen molar-refractivity contribution < 1.29 is 18.7 Å². The molecule has 10 heteroatoms. The molecular formula is C19H18Cl2N3O4S+. The van der Waals surface area contributed by atoms with E-state index < -0.39 is 10.9 Å². The lowest BCUT2D eigenvalue weighted by atomic mass is 10.2. The maximum atomic E-state index is 12.7. The summed E-state index contributed by atoms with van der Waals surface area (Å²) in [6.45, 7) is 1.86. The molecule has 1 aromatic heterocycles. The summed E-state index contributed by atoms with van der Waals surface area (Å²) in [5, 5.41) is 5.82. The highest BCUT2D eigenvalue weighted by Crippen LogP contribution is 2.27. The molecule has 2 N–H and O–H groups in total. The number of amides is 1. The van der Waals surface area contributed by atoms with Crippen LogP contribution < -0.4 is 20.4 Å². The van der Waals surface area contributed by atoms with E-state index in [-0.39, 0.29) is 10.9 Å². The van der Waals surface area contributed by atoms with Gasteiger partial charge in [0, 0.05) is 17.8 Å². The standard InChI is InChI=1S/C19H17Cl2N3O4S/c1-3-16(17(25)22-11-4-9-14(20)15(21)10-11)29-18-19(26)28-23-24(18)12-5-7-13(27-2)8-6-12/h4-10,16H,3H2,1-2H3,(H-,22,23,25,26)/p+1. The third-order valence-electron chi connectivity index (χ3n) is 4.04. The number of hydrogen-bond donors (Lipinski definition) is 2. The topological polar surface area (TPSA) is 88.2 Å². The second-order valence-corrected chi connectivity index (χ2v) is 7.96. The van der Waals surface area contributed by atoms with Gasteiger partial charge in [0.15, 0.2) is 0 Å². The monoisotopic (exact) mass is 454 g/mol.